The van der Waals surface area contributed by atoms with Gasteiger partial charge in [-0.05, 0) is 36.1 Å². The van der Waals surface area contributed by atoms with Crippen molar-refractivity contribution < 1.29 is 19.4 Å². The van der Waals surface area contributed by atoms with Crippen LogP contribution in [0.15, 0.2) is 54.6 Å². The summed E-state index contributed by atoms with van der Waals surface area (Å²) in [6.07, 6.45) is 0. The first-order valence-corrected chi connectivity index (χ1v) is 8.27. The van der Waals surface area contributed by atoms with E-state index in [0.29, 0.717) is 16.1 Å². The molecular weight excluding hydrogens is 354 g/mol. The van der Waals surface area contributed by atoms with Crippen LogP contribution in [0, 0.1) is 6.92 Å². The number of carbonyl (C=O) groups is 2. The van der Waals surface area contributed by atoms with Crippen LogP contribution in [0.3, 0.4) is 0 Å². The van der Waals surface area contributed by atoms with E-state index < -0.39 is 18.5 Å². The number of benzene rings is 3. The fourth-order valence-electron chi connectivity index (χ4n) is 2.50. The molecule has 0 heterocycles. The van der Waals surface area contributed by atoms with E-state index in [2.05, 4.69) is 5.32 Å². The molecule has 0 bridgehead atoms. The zero-order valence-corrected chi connectivity index (χ0v) is 14.7. The number of rotatable bonds is 4. The second-order valence-electron chi connectivity index (χ2n) is 5.77. The van der Waals surface area contributed by atoms with E-state index in [1.54, 1.807) is 36.4 Å². The van der Waals surface area contributed by atoms with Gasteiger partial charge in [-0.1, -0.05) is 48.0 Å². The zero-order chi connectivity index (χ0) is 18.7. The number of esters is 1. The summed E-state index contributed by atoms with van der Waals surface area (Å²) < 4.78 is 5.00. The Kier molecular flexibility index (Phi) is 5.09. The number of aryl methyl sites for hydroxylation is 1. The molecule has 0 saturated carbocycles. The number of ether oxygens (including phenoxy) is 1. The molecule has 0 aliphatic rings. The summed E-state index contributed by atoms with van der Waals surface area (Å²) in [5, 5.41) is 14.7. The molecule has 26 heavy (non-hydrogen) atoms. The number of nitrogens with one attached hydrogen (secondary N) is 1. The molecule has 0 aromatic heterocycles. The molecule has 3 aromatic carbocycles. The van der Waals surface area contributed by atoms with Crippen LogP contribution in [0.25, 0.3) is 10.8 Å². The highest BCUT2D eigenvalue weighted by atomic mass is 35.5. The normalized spacial score (nSPS) is 10.5. The van der Waals surface area contributed by atoms with E-state index in [-0.39, 0.29) is 11.3 Å². The van der Waals surface area contributed by atoms with Crippen molar-refractivity contribution in [2.75, 3.05) is 11.9 Å². The minimum atomic E-state index is -0.773. The van der Waals surface area contributed by atoms with E-state index in [9.17, 15) is 14.7 Å². The van der Waals surface area contributed by atoms with Gasteiger partial charge in [0.25, 0.3) is 5.91 Å². The van der Waals surface area contributed by atoms with Gasteiger partial charge in [-0.2, -0.15) is 0 Å². The van der Waals surface area contributed by atoms with Crippen molar-refractivity contribution >= 4 is 39.9 Å². The number of anilines is 1. The van der Waals surface area contributed by atoms with Crippen LogP contribution in [0.4, 0.5) is 5.69 Å². The number of phenolic OH excluding ortho intramolecular Hbond substituents is 1. The third kappa shape index (κ3) is 3.78. The van der Waals surface area contributed by atoms with E-state index >= 15 is 0 Å². The Morgan fingerprint density at radius 2 is 1.88 bits per heavy atom. The maximum absolute atomic E-state index is 12.2. The zero-order valence-electron chi connectivity index (χ0n) is 14.0. The third-order valence-electron chi connectivity index (χ3n) is 3.91. The van der Waals surface area contributed by atoms with E-state index in [1.165, 1.54) is 6.07 Å². The molecule has 0 unspecified atom stereocenters. The average molecular weight is 370 g/mol. The highest BCUT2D eigenvalue weighted by Crippen LogP contribution is 2.29. The summed E-state index contributed by atoms with van der Waals surface area (Å²) >= 11 is 6.01. The summed E-state index contributed by atoms with van der Waals surface area (Å²) in [5.41, 5.74) is 1.41. The highest BCUT2D eigenvalue weighted by molar-refractivity contribution is 6.31. The van der Waals surface area contributed by atoms with Crippen molar-refractivity contribution in [2.24, 2.45) is 0 Å². The van der Waals surface area contributed by atoms with E-state index in [0.717, 1.165) is 10.9 Å². The van der Waals surface area contributed by atoms with Gasteiger partial charge < -0.3 is 15.2 Å². The predicted octanol–water partition coefficient (Wildman–Crippen LogP) is 4.30. The van der Waals surface area contributed by atoms with Crippen LogP contribution in [-0.2, 0) is 9.53 Å². The fourth-order valence-corrected chi connectivity index (χ4v) is 2.68. The predicted molar refractivity (Wildman–Crippen MR) is 101 cm³/mol. The Balaban J connectivity index is 1.66. The largest absolute Gasteiger partial charge is 0.506 e. The van der Waals surface area contributed by atoms with Gasteiger partial charge in [0.2, 0.25) is 0 Å². The fraction of sp³-hybridized carbons (Fsp3) is 0.100. The number of hydrogen-bond acceptors (Lipinski definition) is 4. The second-order valence-corrected chi connectivity index (χ2v) is 6.18. The van der Waals surface area contributed by atoms with Crippen LogP contribution in [0.1, 0.15) is 15.9 Å². The standard InChI is InChI=1S/C20H16ClNO4/c1-12-6-8-14(10-17(12)21)22-18(23)11-26-20(25)16-9-7-13-4-2-3-5-15(13)19(16)24/h2-10,24H,11H2,1H3,(H,22,23). The molecule has 0 atom stereocenters. The number of phenols is 1. The molecule has 3 rings (SSSR count). The summed E-state index contributed by atoms with van der Waals surface area (Å²) in [6, 6.07) is 15.4. The van der Waals surface area contributed by atoms with Gasteiger partial charge in [-0.15, -0.1) is 0 Å². The number of amides is 1. The van der Waals surface area contributed by atoms with Crippen molar-refractivity contribution in [3.63, 3.8) is 0 Å². The van der Waals surface area contributed by atoms with Crippen molar-refractivity contribution in [1.82, 2.24) is 0 Å². The molecule has 0 aliphatic carbocycles. The van der Waals surface area contributed by atoms with Crippen LogP contribution in [0.2, 0.25) is 5.02 Å². The quantitative estimate of drug-likeness (QED) is 0.672. The van der Waals surface area contributed by atoms with Crippen LogP contribution < -0.4 is 5.32 Å². The third-order valence-corrected chi connectivity index (χ3v) is 4.32. The smallest absolute Gasteiger partial charge is 0.342 e. The van der Waals surface area contributed by atoms with Gasteiger partial charge in [0.15, 0.2) is 6.61 Å². The lowest BCUT2D eigenvalue weighted by Crippen LogP contribution is -2.21. The summed E-state index contributed by atoms with van der Waals surface area (Å²) in [7, 11) is 0. The first-order chi connectivity index (χ1) is 12.5. The second kappa shape index (κ2) is 7.45. The number of aromatic hydroxyl groups is 1. The lowest BCUT2D eigenvalue weighted by molar-refractivity contribution is -0.119. The molecule has 5 nitrogen and oxygen atoms in total. The minimum Gasteiger partial charge on any atom is -0.506 e. The van der Waals surface area contributed by atoms with Gasteiger partial charge in [-0.25, -0.2) is 4.79 Å². The molecule has 1 amide bonds. The van der Waals surface area contributed by atoms with Crippen molar-refractivity contribution in [3.05, 3.63) is 70.7 Å². The number of fused-ring (bicyclic) bond motifs is 1. The Morgan fingerprint density at radius 1 is 1.12 bits per heavy atom. The Morgan fingerprint density at radius 3 is 2.65 bits per heavy atom. The lowest BCUT2D eigenvalue weighted by Gasteiger charge is -2.09. The molecule has 0 radical (unpaired) electrons. The van der Waals surface area contributed by atoms with Crippen molar-refractivity contribution in [3.8, 4) is 5.75 Å². The maximum Gasteiger partial charge on any atom is 0.342 e. The van der Waals surface area contributed by atoms with Crippen molar-refractivity contribution in [1.29, 1.82) is 0 Å². The molecule has 6 heteroatoms. The average Bonchev–Trinajstić information content (AvgIpc) is 2.63. The minimum absolute atomic E-state index is 0.00915. The van der Waals surface area contributed by atoms with Gasteiger partial charge in [0.05, 0.1) is 0 Å². The first kappa shape index (κ1) is 17.8. The number of hydrogen-bond donors (Lipinski definition) is 2. The van der Waals surface area contributed by atoms with E-state index in [1.807, 2.05) is 19.1 Å². The number of halogens is 1. The maximum atomic E-state index is 12.2. The highest BCUT2D eigenvalue weighted by Gasteiger charge is 2.16. The Hall–Kier alpha value is -3.05. The topological polar surface area (TPSA) is 75.6 Å². The SMILES string of the molecule is Cc1ccc(NC(=O)COC(=O)c2ccc3ccccc3c2O)cc1Cl. The van der Waals surface area contributed by atoms with Gasteiger partial charge in [0.1, 0.15) is 11.3 Å². The molecule has 0 fully saturated rings. The molecular formula is C20H16ClNO4. The Bertz CT molecular complexity index is 1000. The van der Waals surface area contributed by atoms with E-state index in [4.69, 9.17) is 16.3 Å². The molecule has 132 valence electrons. The Labute approximate surface area is 155 Å². The summed E-state index contributed by atoms with van der Waals surface area (Å²) in [6.45, 7) is 1.38. The molecule has 3 aromatic rings. The molecule has 0 spiro atoms. The lowest BCUT2D eigenvalue weighted by atomic mass is 10.1. The van der Waals surface area contributed by atoms with Crippen molar-refractivity contribution in [2.45, 2.75) is 6.92 Å². The molecule has 0 aliphatic heterocycles. The monoisotopic (exact) mass is 369 g/mol. The van der Waals surface area contributed by atoms with Crippen LogP contribution in [-0.4, -0.2) is 23.6 Å². The van der Waals surface area contributed by atoms with Gasteiger partial charge in [-0.3, -0.25) is 4.79 Å². The first-order valence-electron chi connectivity index (χ1n) is 7.89. The molecule has 0 saturated heterocycles. The van der Waals surface area contributed by atoms with Gasteiger partial charge in [0, 0.05) is 16.1 Å². The molecule has 2 N–H and O–H groups in total. The summed E-state index contributed by atoms with van der Waals surface area (Å²) in [4.78, 5) is 24.1. The van der Waals surface area contributed by atoms with Crippen LogP contribution in [0.5, 0.6) is 5.75 Å². The van der Waals surface area contributed by atoms with Gasteiger partial charge >= 0.3 is 5.97 Å². The summed E-state index contributed by atoms with van der Waals surface area (Å²) in [5.74, 6) is -1.44. The van der Waals surface area contributed by atoms with Crippen LogP contribution >= 0.6 is 11.6 Å². The number of carbonyl (C=O) groups excluding carboxylic acids is 2.